The van der Waals surface area contributed by atoms with E-state index in [-0.39, 0.29) is 15.8 Å². The van der Waals surface area contributed by atoms with Crippen molar-refractivity contribution in [1.82, 2.24) is 0 Å². The minimum absolute atomic E-state index is 0.0158. The van der Waals surface area contributed by atoms with Crippen LogP contribution in [0, 0.1) is 23.7 Å². The van der Waals surface area contributed by atoms with Crippen molar-refractivity contribution in [1.29, 1.82) is 0 Å². The zero-order valence-corrected chi connectivity index (χ0v) is 20.0. The van der Waals surface area contributed by atoms with E-state index in [4.69, 9.17) is 0 Å². The summed E-state index contributed by atoms with van der Waals surface area (Å²) in [5.41, 5.74) is 3.80. The van der Waals surface area contributed by atoms with Crippen LogP contribution in [0.3, 0.4) is 0 Å². The summed E-state index contributed by atoms with van der Waals surface area (Å²) in [5.74, 6) is 3.33. The summed E-state index contributed by atoms with van der Waals surface area (Å²) in [6.45, 7) is 19.7. The third-order valence-corrected chi connectivity index (χ3v) is 15.1. The second-order valence-electron chi connectivity index (χ2n) is 10.0. The van der Waals surface area contributed by atoms with Gasteiger partial charge >= 0.3 is 0 Å². The van der Waals surface area contributed by atoms with Crippen LogP contribution in [0.2, 0.25) is 0 Å². The summed E-state index contributed by atoms with van der Waals surface area (Å²) in [6, 6.07) is 9.75. The average Bonchev–Trinajstić information content (AvgIpc) is 2.45. The number of rotatable bonds is 6. The topological polar surface area (TPSA) is 0 Å². The van der Waals surface area contributed by atoms with Gasteiger partial charge in [0.2, 0.25) is 0 Å². The van der Waals surface area contributed by atoms with Crippen molar-refractivity contribution in [2.45, 2.75) is 90.9 Å². The predicted octanol–water partition coefficient (Wildman–Crippen LogP) is 6.81. The van der Waals surface area contributed by atoms with Gasteiger partial charge in [-0.25, -0.2) is 0 Å². The lowest BCUT2D eigenvalue weighted by Crippen LogP contribution is -2.48. The number of hydrogen-bond acceptors (Lipinski definition) is 0. The van der Waals surface area contributed by atoms with E-state index in [0.717, 1.165) is 46.3 Å². The molecule has 4 atom stereocenters. The molecule has 1 aromatic carbocycles. The molecule has 0 amide bonds. The third kappa shape index (κ3) is 3.67. The van der Waals surface area contributed by atoms with E-state index in [2.05, 4.69) is 79.7 Å². The fourth-order valence-electron chi connectivity index (χ4n) is 5.15. The van der Waals surface area contributed by atoms with E-state index in [1.165, 1.54) is 12.8 Å². The molecular formula is C24H40P2. The van der Waals surface area contributed by atoms with Gasteiger partial charge in [0, 0.05) is 0 Å². The van der Waals surface area contributed by atoms with Gasteiger partial charge in [-0.05, 0) is 69.8 Å². The average molecular weight is 391 g/mol. The zero-order chi connectivity index (χ0) is 19.2. The molecule has 0 nitrogen and oxygen atoms in total. The summed E-state index contributed by atoms with van der Waals surface area (Å²) < 4.78 is 0. The Labute approximate surface area is 165 Å². The molecule has 2 aliphatic heterocycles. The first-order valence-corrected chi connectivity index (χ1v) is 13.9. The van der Waals surface area contributed by atoms with Crippen molar-refractivity contribution in [2.24, 2.45) is 23.7 Å². The lowest BCUT2D eigenvalue weighted by atomic mass is 9.98. The Balaban J connectivity index is 1.99. The number of hydrogen-bond donors (Lipinski definition) is 0. The first-order valence-electron chi connectivity index (χ1n) is 10.9. The van der Waals surface area contributed by atoms with E-state index in [0.29, 0.717) is 0 Å². The van der Waals surface area contributed by atoms with Gasteiger partial charge in [0.25, 0.3) is 0 Å². The monoisotopic (exact) mass is 390 g/mol. The lowest BCUT2D eigenvalue weighted by Gasteiger charge is -2.54. The summed E-state index contributed by atoms with van der Waals surface area (Å²) in [6.07, 6.45) is 2.93. The van der Waals surface area contributed by atoms with Gasteiger partial charge in [0.15, 0.2) is 0 Å². The first-order chi connectivity index (χ1) is 12.2. The van der Waals surface area contributed by atoms with Gasteiger partial charge in [0.1, 0.15) is 0 Å². The molecule has 2 heteroatoms. The highest BCUT2D eigenvalue weighted by Gasteiger charge is 2.49. The van der Waals surface area contributed by atoms with Crippen LogP contribution in [0.25, 0.3) is 0 Å². The van der Waals surface area contributed by atoms with Gasteiger partial charge < -0.3 is 0 Å². The molecule has 0 N–H and O–H groups in total. The Morgan fingerprint density at radius 3 is 1.08 bits per heavy atom. The zero-order valence-electron chi connectivity index (χ0n) is 18.2. The van der Waals surface area contributed by atoms with E-state index in [1.807, 2.05) is 10.6 Å². The second-order valence-corrected chi connectivity index (χ2v) is 15.3. The van der Waals surface area contributed by atoms with Gasteiger partial charge in [-0.3, -0.25) is 0 Å². The van der Waals surface area contributed by atoms with Gasteiger partial charge in [-0.15, -0.1) is 0 Å². The van der Waals surface area contributed by atoms with Crippen LogP contribution in [-0.2, 0) is 0 Å². The fourth-order valence-corrected chi connectivity index (χ4v) is 13.1. The highest BCUT2D eigenvalue weighted by molar-refractivity contribution is 7.74. The molecule has 2 aliphatic rings. The Kier molecular flexibility index (Phi) is 6.57. The SMILES string of the molecule is CC(C)[C@H]1C[C@H](C(C)C)P1c1ccccc1P1[C@@H](C(C)C)C[C@@H]1C(C)C. The van der Waals surface area contributed by atoms with E-state index in [9.17, 15) is 0 Å². The van der Waals surface area contributed by atoms with E-state index >= 15 is 0 Å². The van der Waals surface area contributed by atoms with Crippen molar-refractivity contribution >= 4 is 26.5 Å². The fraction of sp³-hybridized carbons (Fsp3) is 0.750. The maximum Gasteiger partial charge on any atom is -0.0137 e. The van der Waals surface area contributed by atoms with Crippen LogP contribution in [-0.4, -0.2) is 22.6 Å². The molecule has 0 spiro atoms. The summed E-state index contributed by atoms with van der Waals surface area (Å²) >= 11 is 0. The molecule has 2 heterocycles. The van der Waals surface area contributed by atoms with Crippen LogP contribution < -0.4 is 10.6 Å². The van der Waals surface area contributed by atoms with Crippen LogP contribution >= 0.6 is 15.8 Å². The van der Waals surface area contributed by atoms with E-state index < -0.39 is 0 Å². The highest BCUT2D eigenvalue weighted by atomic mass is 31.1. The lowest BCUT2D eigenvalue weighted by molar-refractivity contribution is 0.447. The molecule has 0 unspecified atom stereocenters. The molecular weight excluding hydrogens is 350 g/mol. The molecule has 2 fully saturated rings. The molecule has 0 radical (unpaired) electrons. The third-order valence-electron chi connectivity index (χ3n) is 6.91. The molecule has 3 rings (SSSR count). The molecule has 146 valence electrons. The molecule has 1 aromatic rings. The molecule has 2 saturated heterocycles. The highest BCUT2D eigenvalue weighted by Crippen LogP contribution is 2.67. The quantitative estimate of drug-likeness (QED) is 0.468. The minimum Gasteiger partial charge on any atom is -0.0677 e. The summed E-state index contributed by atoms with van der Waals surface area (Å²) in [7, 11) is 0.0316. The normalized spacial score (nSPS) is 30.3. The van der Waals surface area contributed by atoms with Gasteiger partial charge in [0.05, 0.1) is 0 Å². The van der Waals surface area contributed by atoms with Crippen LogP contribution in [0.5, 0.6) is 0 Å². The maximum atomic E-state index is 2.54. The molecule has 0 saturated carbocycles. The Hall–Kier alpha value is 0.0800. The van der Waals surface area contributed by atoms with Crippen molar-refractivity contribution in [3.63, 3.8) is 0 Å². The van der Waals surface area contributed by atoms with Crippen LogP contribution in [0.4, 0.5) is 0 Å². The second kappa shape index (κ2) is 8.21. The molecule has 0 aliphatic carbocycles. The molecule has 0 aromatic heterocycles. The molecule has 26 heavy (non-hydrogen) atoms. The predicted molar refractivity (Wildman–Crippen MR) is 123 cm³/mol. The van der Waals surface area contributed by atoms with Crippen LogP contribution in [0.15, 0.2) is 24.3 Å². The Bertz CT molecular complexity index is 523. The van der Waals surface area contributed by atoms with Crippen molar-refractivity contribution in [3.05, 3.63) is 24.3 Å². The Morgan fingerprint density at radius 2 is 0.846 bits per heavy atom. The standard InChI is InChI=1S/C24H40P2/c1-15(2)21-13-22(16(3)4)25(21)19-11-9-10-12-20(19)26-23(17(5)6)14-24(26)18(7)8/h9-12,15-18,21-24H,13-14H2,1-8H3/t21-,22-,23-,24-/m1/s1. The smallest absolute Gasteiger partial charge is 0.0137 e. The summed E-state index contributed by atoms with van der Waals surface area (Å²) in [4.78, 5) is 0. The largest absolute Gasteiger partial charge is 0.0677 e. The van der Waals surface area contributed by atoms with Gasteiger partial charge in [-0.1, -0.05) is 95.5 Å². The maximum absolute atomic E-state index is 2.54. The molecule has 0 bridgehead atoms. The number of benzene rings is 1. The minimum atomic E-state index is 0.0158. The van der Waals surface area contributed by atoms with Crippen molar-refractivity contribution in [3.8, 4) is 0 Å². The first kappa shape index (κ1) is 20.8. The Morgan fingerprint density at radius 1 is 0.577 bits per heavy atom. The van der Waals surface area contributed by atoms with E-state index in [1.54, 1.807) is 0 Å². The van der Waals surface area contributed by atoms with Gasteiger partial charge in [-0.2, -0.15) is 0 Å². The summed E-state index contributed by atoms with van der Waals surface area (Å²) in [5, 5.41) is 3.63. The van der Waals surface area contributed by atoms with Crippen LogP contribution in [0.1, 0.15) is 68.2 Å². The van der Waals surface area contributed by atoms with Crippen molar-refractivity contribution in [2.75, 3.05) is 0 Å². The van der Waals surface area contributed by atoms with Crippen molar-refractivity contribution < 1.29 is 0 Å².